The lowest BCUT2D eigenvalue weighted by Gasteiger charge is -2.31. The van der Waals surface area contributed by atoms with Gasteiger partial charge in [0.05, 0.1) is 11.5 Å². The molecule has 3 heterocycles. The fraction of sp³-hybridized carbons (Fsp3) is 0.444. The molecule has 124 valence electrons. The van der Waals surface area contributed by atoms with E-state index in [1.165, 1.54) is 19.3 Å². The van der Waals surface area contributed by atoms with Crippen molar-refractivity contribution in [3.63, 3.8) is 0 Å². The summed E-state index contributed by atoms with van der Waals surface area (Å²) >= 11 is 1.69. The number of rotatable bonds is 3. The molecule has 0 spiro atoms. The number of hydrogen-bond donors (Lipinski definition) is 1. The van der Waals surface area contributed by atoms with Crippen LogP contribution in [0.25, 0.3) is 0 Å². The van der Waals surface area contributed by atoms with E-state index >= 15 is 0 Å². The number of hydrogen-bond acceptors (Lipinski definition) is 4. The SMILES string of the molecule is Cl.c1ccc(C2(c3cccs3)OC[C@H](C3CCCCN3)O2)cc1. The number of piperidine rings is 1. The highest BCUT2D eigenvalue weighted by Gasteiger charge is 2.47. The summed E-state index contributed by atoms with van der Waals surface area (Å²) in [5.41, 5.74) is 1.08. The minimum Gasteiger partial charge on any atom is -0.339 e. The van der Waals surface area contributed by atoms with Gasteiger partial charge in [-0.15, -0.1) is 23.7 Å². The Labute approximate surface area is 147 Å². The van der Waals surface area contributed by atoms with E-state index in [0.717, 1.165) is 17.0 Å². The molecule has 23 heavy (non-hydrogen) atoms. The highest BCUT2D eigenvalue weighted by atomic mass is 35.5. The summed E-state index contributed by atoms with van der Waals surface area (Å²) in [5.74, 6) is -0.737. The van der Waals surface area contributed by atoms with Crippen molar-refractivity contribution in [2.45, 2.75) is 37.2 Å². The first-order valence-corrected chi connectivity index (χ1v) is 8.91. The highest BCUT2D eigenvalue weighted by Crippen LogP contribution is 2.43. The lowest BCUT2D eigenvalue weighted by Crippen LogP contribution is -2.45. The van der Waals surface area contributed by atoms with E-state index in [0.29, 0.717) is 12.6 Å². The van der Waals surface area contributed by atoms with Crippen molar-refractivity contribution in [2.24, 2.45) is 0 Å². The Bertz CT molecular complexity index is 601. The Morgan fingerprint density at radius 3 is 2.65 bits per heavy atom. The first-order valence-electron chi connectivity index (χ1n) is 8.03. The summed E-state index contributed by atoms with van der Waals surface area (Å²) in [6.07, 6.45) is 3.82. The monoisotopic (exact) mass is 351 g/mol. The molecule has 2 unspecified atom stereocenters. The van der Waals surface area contributed by atoms with E-state index in [2.05, 4.69) is 35.0 Å². The Morgan fingerprint density at radius 1 is 1.09 bits per heavy atom. The Balaban J connectivity index is 0.00000156. The number of halogens is 1. The molecule has 2 saturated heterocycles. The van der Waals surface area contributed by atoms with Gasteiger partial charge in [0.1, 0.15) is 6.10 Å². The average Bonchev–Trinajstić information content (AvgIpc) is 3.27. The van der Waals surface area contributed by atoms with Gasteiger partial charge in [0.25, 0.3) is 0 Å². The second-order valence-corrected chi connectivity index (χ2v) is 6.93. The zero-order chi connectivity index (χ0) is 14.8. The molecule has 0 radical (unpaired) electrons. The second-order valence-electron chi connectivity index (χ2n) is 5.98. The molecular formula is C18H22ClNO2S. The molecule has 0 aliphatic carbocycles. The third kappa shape index (κ3) is 3.19. The number of thiophene rings is 1. The molecule has 2 fully saturated rings. The Hall–Kier alpha value is -0.910. The van der Waals surface area contributed by atoms with Crippen LogP contribution in [0.2, 0.25) is 0 Å². The maximum atomic E-state index is 6.54. The summed E-state index contributed by atoms with van der Waals surface area (Å²) in [6.45, 7) is 1.73. The lowest BCUT2D eigenvalue weighted by molar-refractivity contribution is -0.144. The summed E-state index contributed by atoms with van der Waals surface area (Å²) in [5, 5.41) is 5.68. The molecule has 3 atom stereocenters. The molecule has 0 saturated carbocycles. The molecule has 2 aliphatic heterocycles. The van der Waals surface area contributed by atoms with Crippen molar-refractivity contribution >= 4 is 23.7 Å². The van der Waals surface area contributed by atoms with Crippen LogP contribution in [0.3, 0.4) is 0 Å². The van der Waals surface area contributed by atoms with Gasteiger partial charge in [-0.25, -0.2) is 0 Å². The summed E-state index contributed by atoms with van der Waals surface area (Å²) in [7, 11) is 0. The molecule has 1 aromatic carbocycles. The van der Waals surface area contributed by atoms with Crippen LogP contribution in [-0.4, -0.2) is 25.3 Å². The third-order valence-corrected chi connectivity index (χ3v) is 5.52. The van der Waals surface area contributed by atoms with Crippen LogP contribution in [0.5, 0.6) is 0 Å². The quantitative estimate of drug-likeness (QED) is 0.908. The van der Waals surface area contributed by atoms with Gasteiger partial charge in [-0.3, -0.25) is 0 Å². The van der Waals surface area contributed by atoms with Crippen LogP contribution in [0.4, 0.5) is 0 Å². The largest absolute Gasteiger partial charge is 0.339 e. The van der Waals surface area contributed by atoms with Crippen molar-refractivity contribution in [3.05, 3.63) is 58.3 Å². The van der Waals surface area contributed by atoms with Crippen LogP contribution in [0.1, 0.15) is 29.7 Å². The normalized spacial score (nSPS) is 30.8. The first kappa shape index (κ1) is 16.9. The van der Waals surface area contributed by atoms with E-state index in [-0.39, 0.29) is 18.5 Å². The third-order valence-electron chi connectivity index (χ3n) is 4.56. The van der Waals surface area contributed by atoms with Crippen molar-refractivity contribution in [1.29, 1.82) is 0 Å². The molecular weight excluding hydrogens is 330 g/mol. The smallest absolute Gasteiger partial charge is 0.232 e. The van der Waals surface area contributed by atoms with Crippen molar-refractivity contribution < 1.29 is 9.47 Å². The highest BCUT2D eigenvalue weighted by molar-refractivity contribution is 7.10. The van der Waals surface area contributed by atoms with Gasteiger partial charge >= 0.3 is 0 Å². The number of ether oxygens (including phenoxy) is 2. The topological polar surface area (TPSA) is 30.5 Å². The van der Waals surface area contributed by atoms with E-state index < -0.39 is 5.79 Å². The van der Waals surface area contributed by atoms with E-state index in [1.54, 1.807) is 11.3 Å². The molecule has 1 N–H and O–H groups in total. The fourth-order valence-electron chi connectivity index (χ4n) is 3.42. The van der Waals surface area contributed by atoms with Crippen LogP contribution >= 0.6 is 23.7 Å². The molecule has 2 aliphatic rings. The standard InChI is InChI=1S/C18H21NO2S.ClH/c1-2-7-14(8-3-1)18(17-10-6-12-22-17)20-13-16(21-18)15-9-4-5-11-19-15;/h1-3,6-8,10,12,15-16,19H,4-5,9,11,13H2;1H/t15?,16-,18?;/m1./s1. The average molecular weight is 352 g/mol. The van der Waals surface area contributed by atoms with Crippen LogP contribution < -0.4 is 5.32 Å². The Kier molecular flexibility index (Phi) is 5.39. The molecule has 4 rings (SSSR count). The van der Waals surface area contributed by atoms with Crippen LogP contribution in [0.15, 0.2) is 47.8 Å². The van der Waals surface area contributed by atoms with E-state index in [9.17, 15) is 0 Å². The van der Waals surface area contributed by atoms with Crippen molar-refractivity contribution in [2.75, 3.05) is 13.2 Å². The summed E-state index contributed by atoms with van der Waals surface area (Å²) < 4.78 is 12.8. The van der Waals surface area contributed by atoms with Gasteiger partial charge in [-0.05, 0) is 30.8 Å². The minimum absolute atomic E-state index is 0. The van der Waals surface area contributed by atoms with Gasteiger partial charge in [0.2, 0.25) is 5.79 Å². The molecule has 0 bridgehead atoms. The maximum Gasteiger partial charge on any atom is 0.232 e. The summed E-state index contributed by atoms with van der Waals surface area (Å²) in [4.78, 5) is 1.12. The predicted molar refractivity (Wildman–Crippen MR) is 95.3 cm³/mol. The van der Waals surface area contributed by atoms with Crippen molar-refractivity contribution in [3.8, 4) is 0 Å². The Morgan fingerprint density at radius 2 is 1.96 bits per heavy atom. The zero-order valence-electron chi connectivity index (χ0n) is 12.9. The molecule has 0 amide bonds. The van der Waals surface area contributed by atoms with E-state index in [1.807, 2.05) is 18.2 Å². The van der Waals surface area contributed by atoms with Crippen molar-refractivity contribution in [1.82, 2.24) is 5.32 Å². The predicted octanol–water partition coefficient (Wildman–Crippen LogP) is 3.93. The zero-order valence-corrected chi connectivity index (χ0v) is 14.6. The first-order chi connectivity index (χ1) is 10.9. The molecule has 2 aromatic rings. The van der Waals surface area contributed by atoms with Gasteiger partial charge in [0.15, 0.2) is 0 Å². The summed E-state index contributed by atoms with van der Waals surface area (Å²) in [6, 6.07) is 14.9. The van der Waals surface area contributed by atoms with Gasteiger partial charge in [0, 0.05) is 11.6 Å². The number of benzene rings is 1. The molecule has 1 aromatic heterocycles. The van der Waals surface area contributed by atoms with E-state index in [4.69, 9.17) is 9.47 Å². The minimum atomic E-state index is -0.737. The lowest BCUT2D eigenvalue weighted by atomic mass is 10.00. The molecule has 5 heteroatoms. The van der Waals surface area contributed by atoms with Crippen LogP contribution in [-0.2, 0) is 15.3 Å². The van der Waals surface area contributed by atoms with Gasteiger partial charge in [-0.1, -0.05) is 42.8 Å². The van der Waals surface area contributed by atoms with Gasteiger partial charge < -0.3 is 14.8 Å². The van der Waals surface area contributed by atoms with Crippen LogP contribution in [0, 0.1) is 0 Å². The number of nitrogens with one attached hydrogen (secondary N) is 1. The molecule has 3 nitrogen and oxygen atoms in total. The fourth-order valence-corrected chi connectivity index (χ4v) is 4.26. The maximum absolute atomic E-state index is 6.54. The second kappa shape index (κ2) is 7.32. The van der Waals surface area contributed by atoms with Gasteiger partial charge in [-0.2, -0.15) is 0 Å².